The number of hydrogen-bond acceptors (Lipinski definition) is 3. The molecule has 3 rings (SSSR count). The second-order valence-corrected chi connectivity index (χ2v) is 6.16. The van der Waals surface area contributed by atoms with Crippen molar-refractivity contribution in [2.45, 2.75) is 31.9 Å². The Bertz CT molecular complexity index is 840. The van der Waals surface area contributed by atoms with Crippen molar-refractivity contribution in [2.24, 2.45) is 0 Å². The van der Waals surface area contributed by atoms with Gasteiger partial charge in [-0.05, 0) is 25.3 Å². The third-order valence-corrected chi connectivity index (χ3v) is 4.36. The number of aromatic nitrogens is 3. The molecule has 134 valence electrons. The summed E-state index contributed by atoms with van der Waals surface area (Å²) in [5.74, 6) is -0.291. The highest BCUT2D eigenvalue weighted by atomic mass is 19.4. The van der Waals surface area contributed by atoms with E-state index in [9.17, 15) is 22.8 Å². The number of carbonyl (C=O) groups is 1. The molecule has 2 N–H and O–H groups in total. The lowest BCUT2D eigenvalue weighted by Crippen LogP contribution is -2.40. The van der Waals surface area contributed by atoms with Crippen molar-refractivity contribution in [3.05, 3.63) is 51.5 Å². The van der Waals surface area contributed by atoms with Crippen LogP contribution in [0.15, 0.2) is 23.3 Å². The summed E-state index contributed by atoms with van der Waals surface area (Å²) >= 11 is 0. The van der Waals surface area contributed by atoms with Gasteiger partial charge in [0.15, 0.2) is 0 Å². The molecule has 6 nitrogen and oxygen atoms in total. The first kappa shape index (κ1) is 17.2. The Kier molecular flexibility index (Phi) is 4.40. The van der Waals surface area contributed by atoms with Gasteiger partial charge in [0.05, 0.1) is 11.8 Å². The van der Waals surface area contributed by atoms with Gasteiger partial charge in [-0.2, -0.15) is 13.2 Å². The van der Waals surface area contributed by atoms with Gasteiger partial charge in [-0.3, -0.25) is 9.59 Å². The van der Waals surface area contributed by atoms with Crippen molar-refractivity contribution in [1.82, 2.24) is 19.9 Å². The largest absolute Gasteiger partial charge is 0.432 e. The van der Waals surface area contributed by atoms with Crippen LogP contribution in [0.2, 0.25) is 0 Å². The normalized spacial score (nSPS) is 18.4. The third-order valence-electron chi connectivity index (χ3n) is 4.36. The van der Waals surface area contributed by atoms with Gasteiger partial charge in [0.1, 0.15) is 11.5 Å². The number of aryl methyl sites for hydroxylation is 1. The van der Waals surface area contributed by atoms with Crippen LogP contribution in [0.1, 0.15) is 46.2 Å². The van der Waals surface area contributed by atoms with E-state index in [0.717, 1.165) is 6.20 Å². The van der Waals surface area contributed by atoms with Gasteiger partial charge in [-0.1, -0.05) is 0 Å². The standard InChI is InChI=1S/C16H17F3N4O2/c1-9-5-13(24)20-6-11(9)15(25)23-4-2-3-10(8-23)14-21-7-12(22-14)16(17,18)19/h5-7,10H,2-4,8H2,1H3,(H,20,24)(H,21,22). The summed E-state index contributed by atoms with van der Waals surface area (Å²) in [5, 5.41) is 0. The number of imidazole rings is 1. The van der Waals surface area contributed by atoms with E-state index >= 15 is 0 Å². The second kappa shape index (κ2) is 6.38. The number of nitrogens with zero attached hydrogens (tertiary/aromatic N) is 2. The predicted octanol–water partition coefficient (Wildman–Crippen LogP) is 2.45. The molecule has 1 fully saturated rings. The van der Waals surface area contributed by atoms with E-state index in [0.29, 0.717) is 30.5 Å². The van der Waals surface area contributed by atoms with Crippen LogP contribution in [0.3, 0.4) is 0 Å². The first-order valence-corrected chi connectivity index (χ1v) is 7.86. The average molecular weight is 354 g/mol. The Hall–Kier alpha value is -2.58. The van der Waals surface area contributed by atoms with Crippen LogP contribution in [-0.4, -0.2) is 38.8 Å². The SMILES string of the molecule is Cc1cc(=O)[nH]cc1C(=O)N1CCCC(c2ncc(C(F)(F)F)[nH]2)C1. The molecule has 1 aliphatic rings. The van der Waals surface area contributed by atoms with Crippen LogP contribution in [-0.2, 0) is 6.18 Å². The zero-order valence-corrected chi connectivity index (χ0v) is 13.5. The summed E-state index contributed by atoms with van der Waals surface area (Å²) < 4.78 is 38.1. The van der Waals surface area contributed by atoms with Gasteiger partial charge < -0.3 is 14.9 Å². The number of rotatable bonds is 2. The number of amides is 1. The second-order valence-electron chi connectivity index (χ2n) is 6.16. The van der Waals surface area contributed by atoms with Crippen LogP contribution >= 0.6 is 0 Å². The van der Waals surface area contributed by atoms with E-state index in [4.69, 9.17) is 0 Å². The van der Waals surface area contributed by atoms with Crippen LogP contribution in [0.25, 0.3) is 0 Å². The fourth-order valence-corrected chi connectivity index (χ4v) is 3.05. The minimum atomic E-state index is -4.47. The lowest BCUT2D eigenvalue weighted by Gasteiger charge is -2.32. The molecule has 0 aromatic carbocycles. The molecule has 0 radical (unpaired) electrons. The number of aromatic amines is 2. The van der Waals surface area contributed by atoms with E-state index in [1.807, 2.05) is 0 Å². The topological polar surface area (TPSA) is 81.8 Å². The Morgan fingerprint density at radius 3 is 2.80 bits per heavy atom. The fourth-order valence-electron chi connectivity index (χ4n) is 3.05. The van der Waals surface area contributed by atoms with Gasteiger partial charge in [0.25, 0.3) is 5.91 Å². The third kappa shape index (κ3) is 3.59. The number of carbonyl (C=O) groups excluding carboxylic acids is 1. The molecule has 9 heteroatoms. The molecule has 2 aromatic rings. The highest BCUT2D eigenvalue weighted by Gasteiger charge is 2.35. The molecule has 3 heterocycles. The van der Waals surface area contributed by atoms with Crippen molar-refractivity contribution < 1.29 is 18.0 Å². The Morgan fingerprint density at radius 1 is 1.40 bits per heavy atom. The average Bonchev–Trinajstić information content (AvgIpc) is 3.05. The van der Waals surface area contributed by atoms with Crippen molar-refractivity contribution in [3.8, 4) is 0 Å². The molecule has 1 unspecified atom stereocenters. The van der Waals surface area contributed by atoms with Crippen LogP contribution in [0.5, 0.6) is 0 Å². The highest BCUT2D eigenvalue weighted by Crippen LogP contribution is 2.31. The first-order chi connectivity index (χ1) is 11.8. The molecule has 1 amide bonds. The number of piperidine rings is 1. The fraction of sp³-hybridized carbons (Fsp3) is 0.438. The zero-order valence-electron chi connectivity index (χ0n) is 13.5. The maximum Gasteiger partial charge on any atom is 0.432 e. The van der Waals surface area contributed by atoms with Gasteiger partial charge >= 0.3 is 6.18 Å². The molecule has 1 atom stereocenters. The molecule has 25 heavy (non-hydrogen) atoms. The Morgan fingerprint density at radius 2 is 2.16 bits per heavy atom. The summed E-state index contributed by atoms with van der Waals surface area (Å²) in [6, 6.07) is 1.34. The van der Waals surface area contributed by atoms with E-state index in [2.05, 4.69) is 15.0 Å². The van der Waals surface area contributed by atoms with Gasteiger partial charge in [0, 0.05) is 31.3 Å². The van der Waals surface area contributed by atoms with Gasteiger partial charge in [0.2, 0.25) is 5.56 Å². The molecule has 0 spiro atoms. The number of alkyl halides is 3. The molecular formula is C16H17F3N4O2. The lowest BCUT2D eigenvalue weighted by molar-refractivity contribution is -0.141. The minimum Gasteiger partial charge on any atom is -0.338 e. The van der Waals surface area contributed by atoms with Crippen LogP contribution in [0, 0.1) is 6.92 Å². The quantitative estimate of drug-likeness (QED) is 0.869. The van der Waals surface area contributed by atoms with Crippen molar-refractivity contribution in [3.63, 3.8) is 0 Å². The number of hydrogen-bond donors (Lipinski definition) is 2. The van der Waals surface area contributed by atoms with Gasteiger partial charge in [-0.15, -0.1) is 0 Å². The minimum absolute atomic E-state index is 0.239. The van der Waals surface area contributed by atoms with Crippen molar-refractivity contribution in [1.29, 1.82) is 0 Å². The highest BCUT2D eigenvalue weighted by molar-refractivity contribution is 5.95. The summed E-state index contributed by atoms with van der Waals surface area (Å²) in [7, 11) is 0. The maximum atomic E-state index is 12.7. The summed E-state index contributed by atoms with van der Waals surface area (Å²) in [4.78, 5) is 34.2. The smallest absolute Gasteiger partial charge is 0.338 e. The number of pyridine rings is 1. The number of halogens is 3. The van der Waals surface area contributed by atoms with E-state index < -0.39 is 11.9 Å². The first-order valence-electron chi connectivity index (χ1n) is 7.86. The number of H-pyrrole nitrogens is 2. The Labute approximate surface area is 141 Å². The monoisotopic (exact) mass is 354 g/mol. The van der Waals surface area contributed by atoms with Gasteiger partial charge in [-0.25, -0.2) is 4.98 Å². The van der Waals surface area contributed by atoms with Crippen LogP contribution < -0.4 is 5.56 Å². The predicted molar refractivity (Wildman–Crippen MR) is 83.3 cm³/mol. The summed E-state index contributed by atoms with van der Waals surface area (Å²) in [6.45, 7) is 2.47. The molecule has 2 aromatic heterocycles. The summed E-state index contributed by atoms with van der Waals surface area (Å²) in [5.41, 5.74) is -0.229. The van der Waals surface area contributed by atoms with E-state index in [1.165, 1.54) is 12.3 Å². The number of nitrogens with one attached hydrogen (secondary N) is 2. The van der Waals surface area contributed by atoms with Crippen LogP contribution in [0.4, 0.5) is 13.2 Å². The molecule has 0 bridgehead atoms. The molecule has 0 saturated carbocycles. The molecular weight excluding hydrogens is 337 g/mol. The van der Waals surface area contributed by atoms with E-state index in [-0.39, 0.29) is 29.8 Å². The maximum absolute atomic E-state index is 12.7. The molecule has 1 saturated heterocycles. The zero-order chi connectivity index (χ0) is 18.2. The lowest BCUT2D eigenvalue weighted by atomic mass is 9.96. The summed E-state index contributed by atoms with van der Waals surface area (Å²) in [6.07, 6.45) is -0.997. The molecule has 0 aliphatic carbocycles. The van der Waals surface area contributed by atoms with Crippen molar-refractivity contribution >= 4 is 5.91 Å². The Balaban J connectivity index is 1.78. The number of likely N-dealkylation sites (tertiary alicyclic amines) is 1. The molecule has 1 aliphatic heterocycles. The van der Waals surface area contributed by atoms with E-state index in [1.54, 1.807) is 11.8 Å². The van der Waals surface area contributed by atoms with Crippen molar-refractivity contribution in [2.75, 3.05) is 13.1 Å².